The van der Waals surface area contributed by atoms with Gasteiger partial charge in [-0.1, -0.05) is 64.7 Å². The molecule has 2 heterocycles. The first-order chi connectivity index (χ1) is 14.1. The zero-order valence-corrected chi connectivity index (χ0v) is 19.3. The fourth-order valence-electron chi connectivity index (χ4n) is 2.80. The van der Waals surface area contributed by atoms with Crippen LogP contribution in [0.25, 0.3) is 0 Å². The summed E-state index contributed by atoms with van der Waals surface area (Å²) in [6.45, 7) is 10.1. The summed E-state index contributed by atoms with van der Waals surface area (Å²) in [6, 6.07) is 0. The minimum Gasteiger partial charge on any atom is -0.379 e. The maximum atomic E-state index is 10.4. The number of rotatable bonds is 12. The molecule has 0 saturated carbocycles. The predicted octanol–water partition coefficient (Wildman–Crippen LogP) is 3.23. The Labute approximate surface area is 177 Å². The zero-order chi connectivity index (χ0) is 21.5. The SMILES string of the molecule is C1COCCN1.C1COCCN1.CCCCCCCCCCCCOP(=O)(O)O. The number of morpholine rings is 2. The summed E-state index contributed by atoms with van der Waals surface area (Å²) in [5.74, 6) is 0. The third kappa shape index (κ3) is 28.0. The van der Waals surface area contributed by atoms with Crippen LogP contribution in [0.1, 0.15) is 71.1 Å². The van der Waals surface area contributed by atoms with E-state index in [0.717, 1.165) is 71.9 Å². The number of phosphoric ester groups is 1. The lowest BCUT2D eigenvalue weighted by atomic mass is 10.1. The van der Waals surface area contributed by atoms with Gasteiger partial charge < -0.3 is 29.9 Å². The minimum absolute atomic E-state index is 0.167. The molecule has 176 valence electrons. The van der Waals surface area contributed by atoms with Crippen molar-refractivity contribution in [1.29, 1.82) is 0 Å². The highest BCUT2D eigenvalue weighted by molar-refractivity contribution is 7.46. The Balaban J connectivity index is 0.000000519. The minimum atomic E-state index is -4.24. The summed E-state index contributed by atoms with van der Waals surface area (Å²) in [6.07, 6.45) is 12.0. The molecule has 4 N–H and O–H groups in total. The van der Waals surface area contributed by atoms with Crippen molar-refractivity contribution in [1.82, 2.24) is 10.6 Å². The zero-order valence-electron chi connectivity index (χ0n) is 18.4. The molecule has 0 spiro atoms. The molecule has 0 bridgehead atoms. The molecule has 0 aromatic heterocycles. The third-order valence-corrected chi connectivity index (χ3v) is 4.97. The Kier molecular flexibility index (Phi) is 22.6. The second kappa shape index (κ2) is 22.6. The predicted molar refractivity (Wildman–Crippen MR) is 117 cm³/mol. The number of unbranched alkanes of at least 4 members (excludes halogenated alkanes) is 9. The fraction of sp³-hybridized carbons (Fsp3) is 1.00. The van der Waals surface area contributed by atoms with Gasteiger partial charge in [-0.25, -0.2) is 4.57 Å². The van der Waals surface area contributed by atoms with Crippen LogP contribution in [-0.4, -0.2) is 69.0 Å². The fourth-order valence-corrected chi connectivity index (χ4v) is 3.17. The van der Waals surface area contributed by atoms with Crippen molar-refractivity contribution in [3.05, 3.63) is 0 Å². The second-order valence-corrected chi connectivity index (χ2v) is 8.47. The van der Waals surface area contributed by atoms with Crippen LogP contribution in [0, 0.1) is 0 Å². The lowest BCUT2D eigenvalue weighted by molar-refractivity contribution is 0.109. The first-order valence-electron chi connectivity index (χ1n) is 11.3. The highest BCUT2D eigenvalue weighted by Crippen LogP contribution is 2.35. The molecule has 9 heteroatoms. The van der Waals surface area contributed by atoms with Crippen molar-refractivity contribution in [3.8, 4) is 0 Å². The summed E-state index contributed by atoms with van der Waals surface area (Å²) in [5, 5.41) is 6.32. The number of phosphoric acid groups is 1. The van der Waals surface area contributed by atoms with E-state index in [0.29, 0.717) is 0 Å². The van der Waals surface area contributed by atoms with Gasteiger partial charge in [0.25, 0.3) is 0 Å². The van der Waals surface area contributed by atoms with Gasteiger partial charge in [0.1, 0.15) is 0 Å². The van der Waals surface area contributed by atoms with Gasteiger partial charge in [0.05, 0.1) is 33.0 Å². The smallest absolute Gasteiger partial charge is 0.379 e. The van der Waals surface area contributed by atoms with E-state index < -0.39 is 7.82 Å². The molecule has 0 aromatic carbocycles. The molecule has 0 unspecified atom stereocenters. The van der Waals surface area contributed by atoms with Crippen molar-refractivity contribution >= 4 is 7.82 Å². The van der Waals surface area contributed by atoms with E-state index in [1.807, 2.05) is 0 Å². The van der Waals surface area contributed by atoms with Gasteiger partial charge in [0.2, 0.25) is 0 Å². The van der Waals surface area contributed by atoms with Gasteiger partial charge >= 0.3 is 7.82 Å². The van der Waals surface area contributed by atoms with Crippen molar-refractivity contribution in [2.45, 2.75) is 71.1 Å². The lowest BCUT2D eigenvalue weighted by Gasteiger charge is -2.10. The van der Waals surface area contributed by atoms with Gasteiger partial charge in [-0.3, -0.25) is 4.52 Å². The number of hydrogen-bond donors (Lipinski definition) is 4. The van der Waals surface area contributed by atoms with E-state index in [1.54, 1.807) is 0 Å². The van der Waals surface area contributed by atoms with E-state index in [9.17, 15) is 4.57 Å². The number of nitrogens with one attached hydrogen (secondary N) is 2. The van der Waals surface area contributed by atoms with Crippen LogP contribution in [0.3, 0.4) is 0 Å². The molecule has 0 radical (unpaired) electrons. The van der Waals surface area contributed by atoms with E-state index in [2.05, 4.69) is 22.1 Å². The van der Waals surface area contributed by atoms with Crippen LogP contribution in [0.4, 0.5) is 0 Å². The summed E-state index contributed by atoms with van der Waals surface area (Å²) in [5.41, 5.74) is 0. The van der Waals surface area contributed by atoms with Crippen molar-refractivity contribution < 1.29 is 28.3 Å². The third-order valence-electron chi connectivity index (χ3n) is 4.45. The lowest BCUT2D eigenvalue weighted by Crippen LogP contribution is -2.30. The highest BCUT2D eigenvalue weighted by atomic mass is 31.2. The second-order valence-electron chi connectivity index (χ2n) is 7.23. The maximum Gasteiger partial charge on any atom is 0.469 e. The van der Waals surface area contributed by atoms with Gasteiger partial charge in [0.15, 0.2) is 0 Å². The van der Waals surface area contributed by atoms with E-state index in [1.165, 1.54) is 44.9 Å². The molecule has 0 atom stereocenters. The van der Waals surface area contributed by atoms with Crippen molar-refractivity contribution in [2.24, 2.45) is 0 Å². The average molecular weight is 441 g/mol. The molecule has 2 aliphatic heterocycles. The number of ether oxygens (including phenoxy) is 2. The molecule has 0 aromatic rings. The molecule has 2 saturated heterocycles. The molecular weight excluding hydrogens is 395 g/mol. The first kappa shape index (κ1) is 28.9. The van der Waals surface area contributed by atoms with E-state index in [-0.39, 0.29) is 6.61 Å². The molecule has 8 nitrogen and oxygen atoms in total. The van der Waals surface area contributed by atoms with E-state index >= 15 is 0 Å². The molecule has 2 aliphatic rings. The normalized spacial score (nSPS) is 16.9. The van der Waals surface area contributed by atoms with Crippen molar-refractivity contribution in [3.63, 3.8) is 0 Å². The Bertz CT molecular complexity index is 328. The topological polar surface area (TPSA) is 109 Å². The molecule has 2 rings (SSSR count). The van der Waals surface area contributed by atoms with Gasteiger partial charge in [0, 0.05) is 26.2 Å². The summed E-state index contributed by atoms with van der Waals surface area (Å²) >= 11 is 0. The van der Waals surface area contributed by atoms with Gasteiger partial charge in [-0.15, -0.1) is 0 Å². The van der Waals surface area contributed by atoms with E-state index in [4.69, 9.17) is 19.3 Å². The monoisotopic (exact) mass is 440 g/mol. The highest BCUT2D eigenvalue weighted by Gasteiger charge is 2.12. The number of hydrogen-bond acceptors (Lipinski definition) is 6. The Morgan fingerprint density at radius 3 is 1.38 bits per heavy atom. The maximum absolute atomic E-state index is 10.4. The van der Waals surface area contributed by atoms with Crippen molar-refractivity contribution in [2.75, 3.05) is 59.2 Å². The molecular formula is C20H45N2O6P. The van der Waals surface area contributed by atoms with Crippen LogP contribution in [0.15, 0.2) is 0 Å². The van der Waals surface area contributed by atoms with Gasteiger partial charge in [-0.2, -0.15) is 0 Å². The molecule has 29 heavy (non-hydrogen) atoms. The largest absolute Gasteiger partial charge is 0.469 e. The molecule has 0 aliphatic carbocycles. The Morgan fingerprint density at radius 1 is 0.724 bits per heavy atom. The average Bonchev–Trinajstić information content (AvgIpc) is 2.75. The van der Waals surface area contributed by atoms with Crippen LogP contribution in [0.2, 0.25) is 0 Å². The first-order valence-corrected chi connectivity index (χ1v) is 12.9. The summed E-state index contributed by atoms with van der Waals surface area (Å²) in [7, 11) is -4.24. The molecule has 0 amide bonds. The summed E-state index contributed by atoms with van der Waals surface area (Å²) < 4.78 is 24.7. The molecule has 2 fully saturated rings. The quantitative estimate of drug-likeness (QED) is 0.271. The Morgan fingerprint density at radius 2 is 1.10 bits per heavy atom. The Hall–Kier alpha value is -0.0500. The van der Waals surface area contributed by atoms with Crippen LogP contribution < -0.4 is 10.6 Å². The van der Waals surface area contributed by atoms with Gasteiger partial charge in [-0.05, 0) is 6.42 Å². The van der Waals surface area contributed by atoms with Crippen LogP contribution >= 0.6 is 7.82 Å². The summed E-state index contributed by atoms with van der Waals surface area (Å²) in [4.78, 5) is 16.9. The van der Waals surface area contributed by atoms with Crippen LogP contribution in [0.5, 0.6) is 0 Å². The van der Waals surface area contributed by atoms with Crippen LogP contribution in [-0.2, 0) is 18.6 Å². The standard InChI is InChI=1S/C12H27O4P.2C4H9NO/c1-2-3-4-5-6-7-8-9-10-11-12-16-17(13,14)15;2*1-3-6-4-2-5-1/h2-12H2,1H3,(H2,13,14,15);2*5H,1-4H2.